The highest BCUT2D eigenvalue weighted by Gasteiger charge is 2.38. The van der Waals surface area contributed by atoms with Crippen LogP contribution in [0.1, 0.15) is 10.5 Å². The van der Waals surface area contributed by atoms with Crippen molar-refractivity contribution in [1.29, 1.82) is 0 Å². The average Bonchev–Trinajstić information content (AvgIpc) is 3.22. The summed E-state index contributed by atoms with van der Waals surface area (Å²) >= 11 is 0. The Morgan fingerprint density at radius 3 is 2.52 bits per heavy atom. The number of carbonyl (C=O) groups excluding carboxylic acids is 1. The van der Waals surface area contributed by atoms with Gasteiger partial charge in [0.2, 0.25) is 0 Å². The number of carbonyl (C=O) groups is 1. The van der Waals surface area contributed by atoms with E-state index in [2.05, 4.69) is 15.4 Å². The molecule has 0 bridgehead atoms. The standard InChI is InChI=1S/C15H17N5O.2ClH/c21-15(19-9-11-7-16-8-12(11)10-19)13-3-1-4-14(18-13)20-6-2-5-17-20;;/h1-6,11-12,16H,7-10H2;2*1H/t11-,12+;;. The molecule has 4 heterocycles. The molecule has 0 saturated carbocycles. The van der Waals surface area contributed by atoms with Crippen LogP contribution in [0.25, 0.3) is 5.82 Å². The highest BCUT2D eigenvalue weighted by molar-refractivity contribution is 5.92. The molecule has 2 aromatic heterocycles. The number of halogens is 2. The molecule has 6 nitrogen and oxygen atoms in total. The molecular weight excluding hydrogens is 337 g/mol. The lowest BCUT2D eigenvalue weighted by Crippen LogP contribution is -2.32. The minimum atomic E-state index is 0. The van der Waals surface area contributed by atoms with Crippen LogP contribution in [-0.2, 0) is 0 Å². The molecule has 4 rings (SSSR count). The van der Waals surface area contributed by atoms with E-state index in [-0.39, 0.29) is 30.7 Å². The summed E-state index contributed by atoms with van der Waals surface area (Å²) in [6.45, 7) is 3.72. The molecule has 0 radical (unpaired) electrons. The topological polar surface area (TPSA) is 63.1 Å². The third-order valence-electron chi connectivity index (χ3n) is 4.37. The Kier molecular flexibility index (Phi) is 5.62. The van der Waals surface area contributed by atoms with Crippen LogP contribution in [0.5, 0.6) is 0 Å². The van der Waals surface area contributed by atoms with Gasteiger partial charge >= 0.3 is 0 Å². The molecule has 0 aromatic carbocycles. The van der Waals surface area contributed by atoms with Crippen molar-refractivity contribution in [1.82, 2.24) is 25.0 Å². The Hall–Kier alpha value is -1.63. The third kappa shape index (κ3) is 3.34. The number of nitrogens with one attached hydrogen (secondary N) is 1. The highest BCUT2D eigenvalue weighted by Crippen LogP contribution is 2.27. The van der Waals surface area contributed by atoms with Crippen LogP contribution in [0.2, 0.25) is 0 Å². The van der Waals surface area contributed by atoms with Gasteiger partial charge in [0.1, 0.15) is 5.69 Å². The van der Waals surface area contributed by atoms with Crippen molar-refractivity contribution in [3.63, 3.8) is 0 Å². The van der Waals surface area contributed by atoms with Gasteiger partial charge in [-0.25, -0.2) is 9.67 Å². The Balaban J connectivity index is 0.000000960. The normalized spacial score (nSPS) is 22.2. The quantitative estimate of drug-likeness (QED) is 0.884. The number of hydrogen-bond donors (Lipinski definition) is 1. The number of nitrogens with zero attached hydrogens (tertiary/aromatic N) is 4. The van der Waals surface area contributed by atoms with E-state index in [1.807, 2.05) is 29.3 Å². The molecule has 1 amide bonds. The summed E-state index contributed by atoms with van der Waals surface area (Å²) in [7, 11) is 0. The van der Waals surface area contributed by atoms with Gasteiger partial charge in [0.25, 0.3) is 5.91 Å². The molecule has 2 aliphatic heterocycles. The molecular formula is C15H19Cl2N5O. The first-order valence-electron chi connectivity index (χ1n) is 7.28. The molecule has 0 unspecified atom stereocenters. The van der Waals surface area contributed by atoms with E-state index in [1.165, 1.54) is 0 Å². The van der Waals surface area contributed by atoms with Crippen LogP contribution >= 0.6 is 24.8 Å². The number of rotatable bonds is 2. The van der Waals surface area contributed by atoms with Gasteiger partial charge in [-0.05, 0) is 30.0 Å². The minimum Gasteiger partial charge on any atom is -0.337 e. The number of amides is 1. The van der Waals surface area contributed by atoms with Crippen molar-refractivity contribution in [2.75, 3.05) is 26.2 Å². The van der Waals surface area contributed by atoms with Gasteiger partial charge in [-0.3, -0.25) is 4.79 Å². The third-order valence-corrected chi connectivity index (χ3v) is 4.37. The largest absolute Gasteiger partial charge is 0.337 e. The summed E-state index contributed by atoms with van der Waals surface area (Å²) in [6.07, 6.45) is 3.52. The molecule has 23 heavy (non-hydrogen) atoms. The predicted octanol–water partition coefficient (Wildman–Crippen LogP) is 1.40. The average molecular weight is 356 g/mol. The predicted molar refractivity (Wildman–Crippen MR) is 91.6 cm³/mol. The first-order chi connectivity index (χ1) is 10.3. The maximum atomic E-state index is 12.6. The second-order valence-corrected chi connectivity index (χ2v) is 5.72. The summed E-state index contributed by atoms with van der Waals surface area (Å²) in [5, 5.41) is 7.54. The van der Waals surface area contributed by atoms with E-state index in [1.54, 1.807) is 16.9 Å². The zero-order valence-electron chi connectivity index (χ0n) is 12.5. The van der Waals surface area contributed by atoms with E-state index in [0.717, 1.165) is 26.2 Å². The maximum absolute atomic E-state index is 12.6. The molecule has 0 aliphatic carbocycles. The van der Waals surface area contributed by atoms with Crippen LogP contribution < -0.4 is 5.32 Å². The van der Waals surface area contributed by atoms with Gasteiger partial charge in [0.15, 0.2) is 5.82 Å². The number of likely N-dealkylation sites (tertiary alicyclic amines) is 1. The molecule has 124 valence electrons. The van der Waals surface area contributed by atoms with Gasteiger partial charge in [0.05, 0.1) is 0 Å². The second-order valence-electron chi connectivity index (χ2n) is 5.72. The number of pyridine rings is 1. The van der Waals surface area contributed by atoms with E-state index < -0.39 is 0 Å². The van der Waals surface area contributed by atoms with E-state index in [0.29, 0.717) is 23.3 Å². The van der Waals surface area contributed by atoms with Crippen molar-refractivity contribution < 1.29 is 4.79 Å². The Labute approximate surface area is 147 Å². The van der Waals surface area contributed by atoms with Gasteiger partial charge in [0, 0.05) is 38.6 Å². The summed E-state index contributed by atoms with van der Waals surface area (Å²) in [6, 6.07) is 7.33. The summed E-state index contributed by atoms with van der Waals surface area (Å²) in [4.78, 5) is 19.0. The van der Waals surface area contributed by atoms with E-state index in [9.17, 15) is 4.79 Å². The molecule has 2 fully saturated rings. The molecule has 8 heteroatoms. The van der Waals surface area contributed by atoms with Crippen LogP contribution in [0.3, 0.4) is 0 Å². The maximum Gasteiger partial charge on any atom is 0.272 e. The number of fused-ring (bicyclic) bond motifs is 1. The lowest BCUT2D eigenvalue weighted by molar-refractivity contribution is 0.0776. The van der Waals surface area contributed by atoms with Gasteiger partial charge in [-0.15, -0.1) is 24.8 Å². The van der Waals surface area contributed by atoms with E-state index in [4.69, 9.17) is 0 Å². The Morgan fingerprint density at radius 1 is 1.13 bits per heavy atom. The molecule has 2 aliphatic rings. The monoisotopic (exact) mass is 355 g/mol. The molecule has 2 atom stereocenters. The van der Waals surface area contributed by atoms with Crippen molar-refractivity contribution >= 4 is 30.7 Å². The van der Waals surface area contributed by atoms with Crippen LogP contribution in [-0.4, -0.2) is 51.8 Å². The summed E-state index contributed by atoms with van der Waals surface area (Å²) in [5.41, 5.74) is 0.496. The Morgan fingerprint density at radius 2 is 1.87 bits per heavy atom. The molecule has 2 aromatic rings. The first kappa shape index (κ1) is 17.7. The number of hydrogen-bond acceptors (Lipinski definition) is 4. The second kappa shape index (κ2) is 7.29. The molecule has 2 saturated heterocycles. The van der Waals surface area contributed by atoms with Crippen LogP contribution in [0.4, 0.5) is 0 Å². The van der Waals surface area contributed by atoms with Crippen molar-refractivity contribution in [3.8, 4) is 5.82 Å². The minimum absolute atomic E-state index is 0. The summed E-state index contributed by atoms with van der Waals surface area (Å²) < 4.78 is 1.67. The zero-order valence-corrected chi connectivity index (χ0v) is 14.1. The van der Waals surface area contributed by atoms with Crippen molar-refractivity contribution in [3.05, 3.63) is 42.4 Å². The fraction of sp³-hybridized carbons (Fsp3) is 0.400. The SMILES string of the molecule is Cl.Cl.O=C(c1cccc(-n2cccn2)n1)N1C[C@H]2CNC[C@H]2C1. The van der Waals surface area contributed by atoms with Crippen molar-refractivity contribution in [2.45, 2.75) is 0 Å². The fourth-order valence-corrected chi connectivity index (χ4v) is 3.26. The highest BCUT2D eigenvalue weighted by atomic mass is 35.5. The lowest BCUT2D eigenvalue weighted by atomic mass is 10.0. The van der Waals surface area contributed by atoms with Gasteiger partial charge < -0.3 is 10.2 Å². The first-order valence-corrected chi connectivity index (χ1v) is 7.28. The van der Waals surface area contributed by atoms with Crippen molar-refractivity contribution in [2.24, 2.45) is 11.8 Å². The van der Waals surface area contributed by atoms with Gasteiger partial charge in [-0.2, -0.15) is 5.10 Å². The number of aromatic nitrogens is 3. The van der Waals surface area contributed by atoms with E-state index >= 15 is 0 Å². The zero-order chi connectivity index (χ0) is 14.2. The Bertz CT molecular complexity index is 652. The summed E-state index contributed by atoms with van der Waals surface area (Å²) in [5.74, 6) is 1.90. The van der Waals surface area contributed by atoms with Crippen LogP contribution in [0, 0.1) is 11.8 Å². The van der Waals surface area contributed by atoms with Gasteiger partial charge in [-0.1, -0.05) is 6.07 Å². The molecule has 0 spiro atoms. The smallest absolute Gasteiger partial charge is 0.272 e. The fourth-order valence-electron chi connectivity index (χ4n) is 3.26. The molecule has 1 N–H and O–H groups in total. The lowest BCUT2D eigenvalue weighted by Gasteiger charge is -2.17. The van der Waals surface area contributed by atoms with Crippen LogP contribution in [0.15, 0.2) is 36.7 Å².